The molecule has 10 nitrogen and oxygen atoms in total. The second-order valence-corrected chi connectivity index (χ2v) is 14.0. The third kappa shape index (κ3) is 12.2. The lowest BCUT2D eigenvalue weighted by Gasteiger charge is -2.27. The van der Waals surface area contributed by atoms with Crippen LogP contribution in [-0.4, -0.2) is 94.3 Å². The van der Waals surface area contributed by atoms with Crippen molar-refractivity contribution in [2.75, 3.05) is 39.3 Å². The molecule has 0 bridgehead atoms. The number of nitrogens with zero attached hydrogens (tertiary/aromatic N) is 8. The van der Waals surface area contributed by atoms with Crippen LogP contribution in [-0.2, 0) is 13.1 Å². The number of amides is 4. The summed E-state index contributed by atoms with van der Waals surface area (Å²) in [5.41, 5.74) is 5.61. The fourth-order valence-corrected chi connectivity index (χ4v) is 6.67. The molecule has 0 aliphatic carbocycles. The maximum atomic E-state index is 13.3. The Hall–Kier alpha value is -6.68. The second kappa shape index (κ2) is 23.0. The van der Waals surface area contributed by atoms with Crippen LogP contribution < -0.4 is 0 Å². The molecule has 4 amide bonds. The van der Waals surface area contributed by atoms with Crippen LogP contribution >= 0.6 is 0 Å². The predicted octanol–water partition coefficient (Wildman–Crippen LogP) is 10.0. The summed E-state index contributed by atoms with van der Waals surface area (Å²) in [7, 11) is 0. The van der Waals surface area contributed by atoms with E-state index in [4.69, 9.17) is 9.98 Å². The Morgan fingerprint density at radius 2 is 0.617 bits per heavy atom. The minimum atomic E-state index is -0.313. The maximum Gasteiger partial charge on any atom is 0.345 e. The van der Waals surface area contributed by atoms with E-state index in [1.54, 1.807) is 9.80 Å². The van der Waals surface area contributed by atoms with Crippen LogP contribution in [0.2, 0.25) is 0 Å². The Labute approximate surface area is 356 Å². The van der Waals surface area contributed by atoms with Crippen molar-refractivity contribution in [3.05, 3.63) is 179 Å². The van der Waals surface area contributed by atoms with Crippen LogP contribution in [0, 0.1) is 0 Å². The molecule has 0 aromatic heterocycles. The number of rotatable bonds is 14. The van der Waals surface area contributed by atoms with Crippen LogP contribution in [0.4, 0.5) is 9.59 Å². The average Bonchev–Trinajstić information content (AvgIpc) is 3.30. The van der Waals surface area contributed by atoms with Gasteiger partial charge in [0.15, 0.2) is 11.7 Å². The van der Waals surface area contributed by atoms with Gasteiger partial charge in [-0.3, -0.25) is 0 Å². The third-order valence-corrected chi connectivity index (χ3v) is 10.2. The summed E-state index contributed by atoms with van der Waals surface area (Å²) < 4.78 is 0. The quantitative estimate of drug-likeness (QED) is 0.0825. The number of urea groups is 2. The first-order chi connectivity index (χ1) is 29.3. The Kier molecular flexibility index (Phi) is 17.1. The SMILES string of the molecule is CCN(CC)C(=O)/N=C(/N=C(c1ccccc1)N(CC)Cc1ccc(CN(CC)C(=N/C(=N/C(=O)N(CC)CC)c2ccccc2)c2ccccc2)cc1)c1ccccc1. The van der Waals surface area contributed by atoms with Crippen molar-refractivity contribution in [3.63, 3.8) is 0 Å². The van der Waals surface area contributed by atoms with Crippen molar-refractivity contribution in [1.82, 2.24) is 19.6 Å². The number of carbonyl (C=O) groups excluding carboxylic acids is 2. The molecule has 0 radical (unpaired) electrons. The first kappa shape index (κ1) is 44.4. The summed E-state index contributed by atoms with van der Waals surface area (Å²) in [5, 5.41) is 0. The molecule has 0 spiro atoms. The second-order valence-electron chi connectivity index (χ2n) is 14.0. The minimum Gasteiger partial charge on any atom is -0.352 e. The summed E-state index contributed by atoms with van der Waals surface area (Å²) in [6.45, 7) is 16.8. The fourth-order valence-electron chi connectivity index (χ4n) is 6.67. The number of carbonyl (C=O) groups is 2. The highest BCUT2D eigenvalue weighted by atomic mass is 16.2. The molecule has 0 aliphatic rings. The molecule has 0 atom stereocenters. The van der Waals surface area contributed by atoms with Gasteiger partial charge in [0.25, 0.3) is 0 Å². The highest BCUT2D eigenvalue weighted by molar-refractivity contribution is 6.15. The summed E-state index contributed by atoms with van der Waals surface area (Å²) >= 11 is 0. The normalized spacial score (nSPS) is 12.2. The van der Waals surface area contributed by atoms with Gasteiger partial charge in [0.05, 0.1) is 0 Å². The molecule has 0 saturated heterocycles. The molecule has 5 rings (SSSR count). The smallest absolute Gasteiger partial charge is 0.345 e. The number of aliphatic imine (C=N–C) groups is 4. The first-order valence-electron chi connectivity index (χ1n) is 21.0. The maximum absolute atomic E-state index is 13.3. The summed E-state index contributed by atoms with van der Waals surface area (Å²) in [5.74, 6) is 2.20. The predicted molar refractivity (Wildman–Crippen MR) is 247 cm³/mol. The van der Waals surface area contributed by atoms with E-state index >= 15 is 0 Å². The van der Waals surface area contributed by atoms with Crippen LogP contribution in [0.3, 0.4) is 0 Å². The van der Waals surface area contributed by atoms with Crippen molar-refractivity contribution in [1.29, 1.82) is 0 Å². The van der Waals surface area contributed by atoms with Gasteiger partial charge in [0.1, 0.15) is 11.7 Å². The summed E-state index contributed by atoms with van der Waals surface area (Å²) in [6.07, 6.45) is 0. The molecule has 0 fully saturated rings. The van der Waals surface area contributed by atoms with Crippen molar-refractivity contribution in [3.8, 4) is 0 Å². The largest absolute Gasteiger partial charge is 0.352 e. The molecule has 0 saturated carbocycles. The summed E-state index contributed by atoms with van der Waals surface area (Å²) in [4.78, 5) is 53.9. The zero-order chi connectivity index (χ0) is 42.7. The Balaban J connectivity index is 1.48. The number of amidine groups is 4. The highest BCUT2D eigenvalue weighted by Crippen LogP contribution is 2.18. The van der Waals surface area contributed by atoms with Gasteiger partial charge in [-0.2, -0.15) is 9.98 Å². The van der Waals surface area contributed by atoms with E-state index in [0.717, 1.165) is 45.1 Å². The molecule has 310 valence electrons. The third-order valence-electron chi connectivity index (χ3n) is 10.2. The lowest BCUT2D eigenvalue weighted by Crippen LogP contribution is -2.33. The van der Waals surface area contributed by atoms with E-state index in [1.807, 2.05) is 149 Å². The van der Waals surface area contributed by atoms with Gasteiger partial charge in [0.2, 0.25) is 0 Å². The standard InChI is InChI=1S/C50H58N8O2/c1-7-55(8-2)49(59)53-45(41-25-17-13-18-26-41)51-47(43-29-21-15-22-30-43)57(11-5)37-39-33-35-40(36-34-39)38-58(12-6)48(44-31-23-16-24-32-44)52-46(42-27-19-14-20-28-42)54-50(60)56(9-3)10-4/h13-36H,7-12,37-38H2,1-6H3/b51-47?,52-48?,53-45+,54-46+. The van der Waals surface area contributed by atoms with Gasteiger partial charge in [-0.25, -0.2) is 19.6 Å². The van der Waals surface area contributed by atoms with Gasteiger partial charge >= 0.3 is 12.1 Å². The number of hydrogen-bond donors (Lipinski definition) is 0. The molecule has 0 aliphatic heterocycles. The molecular formula is C50H58N8O2. The van der Waals surface area contributed by atoms with Gasteiger partial charge < -0.3 is 19.6 Å². The lowest BCUT2D eigenvalue weighted by molar-refractivity contribution is 0.212. The number of hydrogen-bond acceptors (Lipinski definition) is 2. The molecule has 0 heterocycles. The molecule has 5 aromatic rings. The molecule has 0 unspecified atom stereocenters. The molecule has 5 aromatic carbocycles. The van der Waals surface area contributed by atoms with Crippen molar-refractivity contribution < 1.29 is 9.59 Å². The first-order valence-corrected chi connectivity index (χ1v) is 21.0. The van der Waals surface area contributed by atoms with Crippen molar-refractivity contribution in [2.45, 2.75) is 54.6 Å². The van der Waals surface area contributed by atoms with Gasteiger partial charge in [-0.15, -0.1) is 0 Å². The van der Waals surface area contributed by atoms with E-state index in [2.05, 4.69) is 57.9 Å². The van der Waals surface area contributed by atoms with Crippen molar-refractivity contribution >= 4 is 35.4 Å². The van der Waals surface area contributed by atoms with E-state index in [0.29, 0.717) is 64.0 Å². The zero-order valence-electron chi connectivity index (χ0n) is 35.9. The monoisotopic (exact) mass is 802 g/mol. The minimum absolute atomic E-state index is 0.313. The molecule has 10 heteroatoms. The van der Waals surface area contributed by atoms with Crippen LogP contribution in [0.5, 0.6) is 0 Å². The van der Waals surface area contributed by atoms with E-state index in [1.165, 1.54) is 0 Å². The zero-order valence-corrected chi connectivity index (χ0v) is 35.9. The Morgan fingerprint density at radius 1 is 0.350 bits per heavy atom. The Morgan fingerprint density at radius 3 is 0.883 bits per heavy atom. The Bertz CT molecular complexity index is 2050. The van der Waals surface area contributed by atoms with Gasteiger partial charge in [-0.1, -0.05) is 146 Å². The fraction of sp³-hybridized carbons (Fsp3) is 0.280. The highest BCUT2D eigenvalue weighted by Gasteiger charge is 2.20. The van der Waals surface area contributed by atoms with E-state index in [-0.39, 0.29) is 12.1 Å². The molecule has 60 heavy (non-hydrogen) atoms. The van der Waals surface area contributed by atoms with Gasteiger partial charge in [0, 0.05) is 74.6 Å². The topological polar surface area (TPSA) is 96.5 Å². The van der Waals surface area contributed by atoms with Gasteiger partial charge in [-0.05, 0) is 52.7 Å². The summed E-state index contributed by atoms with van der Waals surface area (Å²) in [6, 6.07) is 47.5. The van der Waals surface area contributed by atoms with E-state index < -0.39 is 0 Å². The van der Waals surface area contributed by atoms with Crippen molar-refractivity contribution in [2.24, 2.45) is 20.0 Å². The van der Waals surface area contributed by atoms with E-state index in [9.17, 15) is 9.59 Å². The van der Waals surface area contributed by atoms with Crippen LogP contribution in [0.1, 0.15) is 74.9 Å². The average molecular weight is 803 g/mol. The lowest BCUT2D eigenvalue weighted by atomic mass is 10.1. The van der Waals surface area contributed by atoms with Crippen LogP contribution in [0.25, 0.3) is 0 Å². The number of benzene rings is 5. The molecular weight excluding hydrogens is 745 g/mol. The molecule has 0 N–H and O–H groups in total. The van der Waals surface area contributed by atoms with Crippen LogP contribution in [0.15, 0.2) is 166 Å².